The fourth-order valence-corrected chi connectivity index (χ4v) is 2.40. The van der Waals surface area contributed by atoms with Gasteiger partial charge in [0.1, 0.15) is 0 Å². The molecule has 0 rings (SSSR count). The van der Waals surface area contributed by atoms with Crippen LogP contribution in [-0.4, -0.2) is 40.5 Å². The van der Waals surface area contributed by atoms with E-state index < -0.39 is 10.8 Å². The monoisotopic (exact) mass is 289 g/mol. The second-order valence-electron chi connectivity index (χ2n) is 3.18. The van der Waals surface area contributed by atoms with Gasteiger partial charge in [-0.1, -0.05) is 11.8 Å². The van der Waals surface area contributed by atoms with Crippen molar-refractivity contribution in [3.63, 3.8) is 0 Å². The summed E-state index contributed by atoms with van der Waals surface area (Å²) in [5, 5.41) is 1.95. The highest BCUT2D eigenvalue weighted by atomic mass is 32.2. The average Bonchev–Trinajstić information content (AvgIpc) is 2.19. The molecule has 1 amide bonds. The van der Waals surface area contributed by atoms with E-state index in [0.717, 1.165) is 11.8 Å². The lowest BCUT2D eigenvalue weighted by Crippen LogP contribution is -2.31. The summed E-state index contributed by atoms with van der Waals surface area (Å²) in [6.45, 7) is 2.84. The topological polar surface area (TPSA) is 46.2 Å². The molecule has 0 aliphatic rings. The van der Waals surface area contributed by atoms with Crippen LogP contribution in [0.3, 0.4) is 0 Å². The van der Waals surface area contributed by atoms with Gasteiger partial charge in [-0.3, -0.25) is 9.59 Å². The summed E-state index contributed by atoms with van der Waals surface area (Å²) in [4.78, 5) is 21.9. The molecule has 1 unspecified atom stereocenters. The number of hydrogen-bond donors (Lipinski definition) is 1. The second-order valence-corrected chi connectivity index (χ2v) is 5.79. The molecule has 0 aromatic heterocycles. The van der Waals surface area contributed by atoms with E-state index in [-0.39, 0.29) is 41.5 Å². The van der Waals surface area contributed by atoms with Gasteiger partial charge in [0.2, 0.25) is 5.91 Å². The molecule has 0 aliphatic carbocycles. The van der Waals surface area contributed by atoms with Gasteiger partial charge in [0.05, 0.1) is 11.8 Å². The Kier molecular flexibility index (Phi) is 7.69. The van der Waals surface area contributed by atoms with Crippen molar-refractivity contribution in [3.8, 4) is 0 Å². The number of halogens is 3. The van der Waals surface area contributed by atoms with Crippen molar-refractivity contribution in [2.75, 3.05) is 18.1 Å². The molecule has 1 atom stereocenters. The van der Waals surface area contributed by atoms with Crippen molar-refractivity contribution in [2.45, 2.75) is 24.6 Å². The first-order valence-electron chi connectivity index (χ1n) is 4.82. The van der Waals surface area contributed by atoms with E-state index >= 15 is 0 Å². The summed E-state index contributed by atoms with van der Waals surface area (Å²) in [5.74, 6) is -0.325. The van der Waals surface area contributed by atoms with Gasteiger partial charge < -0.3 is 5.32 Å². The molecule has 0 radical (unpaired) electrons. The Morgan fingerprint density at radius 1 is 1.29 bits per heavy atom. The maximum atomic E-state index is 11.8. The van der Waals surface area contributed by atoms with Crippen molar-refractivity contribution in [2.24, 2.45) is 0 Å². The van der Waals surface area contributed by atoms with Gasteiger partial charge in [0.15, 0.2) is 5.78 Å². The van der Waals surface area contributed by atoms with E-state index in [2.05, 4.69) is 5.32 Å². The Balaban J connectivity index is 3.68. The first-order valence-corrected chi connectivity index (χ1v) is 6.85. The molecule has 0 heterocycles. The largest absolute Gasteiger partial charge is 0.441 e. The van der Waals surface area contributed by atoms with Crippen LogP contribution in [0.25, 0.3) is 0 Å². The van der Waals surface area contributed by atoms with Crippen molar-refractivity contribution in [1.82, 2.24) is 5.32 Å². The van der Waals surface area contributed by atoms with Crippen LogP contribution in [0.1, 0.15) is 13.8 Å². The van der Waals surface area contributed by atoms with E-state index in [1.54, 1.807) is 6.92 Å². The van der Waals surface area contributed by atoms with Gasteiger partial charge in [0, 0.05) is 18.4 Å². The Morgan fingerprint density at radius 2 is 1.88 bits per heavy atom. The standard InChI is InChI=1S/C9H14F3NO2S2/c1-6(8(15)5-13-7(2)14)16-3-4-17-9(10,11)12/h6H,3-5H2,1-2H3,(H,13,14). The van der Waals surface area contributed by atoms with Gasteiger partial charge in [0.25, 0.3) is 0 Å². The first-order chi connectivity index (χ1) is 7.72. The molecule has 8 heteroatoms. The zero-order valence-corrected chi connectivity index (χ0v) is 11.1. The summed E-state index contributed by atoms with van der Waals surface area (Å²) in [6.07, 6.45) is 0. The van der Waals surface area contributed by atoms with Gasteiger partial charge in [-0.25, -0.2) is 0 Å². The number of rotatable bonds is 7. The van der Waals surface area contributed by atoms with Crippen molar-refractivity contribution in [3.05, 3.63) is 0 Å². The van der Waals surface area contributed by atoms with Crippen LogP contribution in [0.4, 0.5) is 13.2 Å². The fraction of sp³-hybridized carbons (Fsp3) is 0.778. The minimum atomic E-state index is -4.22. The van der Waals surface area contributed by atoms with E-state index in [1.165, 1.54) is 6.92 Å². The number of ketones is 1. The highest BCUT2D eigenvalue weighted by molar-refractivity contribution is 8.04. The summed E-state index contributed by atoms with van der Waals surface area (Å²) in [6, 6.07) is 0. The molecule has 100 valence electrons. The molecule has 3 nitrogen and oxygen atoms in total. The van der Waals surface area contributed by atoms with Crippen molar-refractivity contribution in [1.29, 1.82) is 0 Å². The van der Waals surface area contributed by atoms with Gasteiger partial charge in [-0.05, 0) is 6.92 Å². The Hall–Kier alpha value is -0.370. The van der Waals surface area contributed by atoms with Crippen LogP contribution in [0.15, 0.2) is 0 Å². The molecule has 0 aromatic rings. The number of alkyl halides is 3. The molecule has 1 N–H and O–H groups in total. The molecule has 0 fully saturated rings. The number of Topliss-reactive ketones (excluding diaryl/α,β-unsaturated/α-hetero) is 1. The third-order valence-electron chi connectivity index (χ3n) is 1.68. The Labute approximate surface area is 106 Å². The number of amides is 1. The molecule has 0 spiro atoms. The molecule has 17 heavy (non-hydrogen) atoms. The van der Waals surface area contributed by atoms with E-state index in [9.17, 15) is 22.8 Å². The maximum Gasteiger partial charge on any atom is 0.441 e. The minimum Gasteiger partial charge on any atom is -0.349 e. The predicted molar refractivity (Wildman–Crippen MR) is 64.1 cm³/mol. The van der Waals surface area contributed by atoms with Crippen LogP contribution >= 0.6 is 23.5 Å². The van der Waals surface area contributed by atoms with Crippen LogP contribution in [-0.2, 0) is 9.59 Å². The highest BCUT2D eigenvalue weighted by Crippen LogP contribution is 2.30. The summed E-state index contributed by atoms with van der Waals surface area (Å²) >= 11 is 1.06. The number of carbonyl (C=O) groups is 2. The minimum absolute atomic E-state index is 0.0735. The van der Waals surface area contributed by atoms with Crippen molar-refractivity contribution >= 4 is 35.2 Å². The van der Waals surface area contributed by atoms with Crippen LogP contribution in [0, 0.1) is 0 Å². The van der Waals surface area contributed by atoms with Gasteiger partial charge in [-0.2, -0.15) is 24.9 Å². The average molecular weight is 289 g/mol. The maximum absolute atomic E-state index is 11.8. The number of hydrogen-bond acceptors (Lipinski definition) is 4. The Bertz CT molecular complexity index is 271. The second kappa shape index (κ2) is 7.86. The summed E-state index contributed by atoms with van der Waals surface area (Å²) < 4.78 is 35.4. The predicted octanol–water partition coefficient (Wildman–Crippen LogP) is 2.07. The lowest BCUT2D eigenvalue weighted by atomic mass is 10.3. The lowest BCUT2D eigenvalue weighted by Gasteiger charge is -2.10. The number of thioether (sulfide) groups is 2. The summed E-state index contributed by atoms with van der Waals surface area (Å²) in [5.41, 5.74) is -4.22. The zero-order valence-electron chi connectivity index (χ0n) is 9.47. The van der Waals surface area contributed by atoms with Crippen LogP contribution in [0.5, 0.6) is 0 Å². The number of carbonyl (C=O) groups excluding carboxylic acids is 2. The zero-order chi connectivity index (χ0) is 13.5. The third kappa shape index (κ3) is 10.5. The molecular weight excluding hydrogens is 275 g/mol. The van der Waals surface area contributed by atoms with Crippen LogP contribution in [0.2, 0.25) is 0 Å². The SMILES string of the molecule is CC(=O)NCC(=O)C(C)SCCSC(F)(F)F. The van der Waals surface area contributed by atoms with Crippen molar-refractivity contribution < 1.29 is 22.8 Å². The molecular formula is C9H14F3NO2S2. The quantitative estimate of drug-likeness (QED) is 0.729. The van der Waals surface area contributed by atoms with Crippen LogP contribution < -0.4 is 5.32 Å². The van der Waals surface area contributed by atoms with Gasteiger partial charge >= 0.3 is 5.51 Å². The van der Waals surface area contributed by atoms with Gasteiger partial charge in [-0.15, -0.1) is 0 Å². The molecule has 0 aromatic carbocycles. The molecule has 0 bridgehead atoms. The Morgan fingerprint density at radius 3 is 2.35 bits per heavy atom. The van der Waals surface area contributed by atoms with E-state index in [1.807, 2.05) is 0 Å². The smallest absolute Gasteiger partial charge is 0.349 e. The first kappa shape index (κ1) is 16.6. The van der Waals surface area contributed by atoms with E-state index in [4.69, 9.17) is 0 Å². The fourth-order valence-electron chi connectivity index (χ4n) is 0.831. The highest BCUT2D eigenvalue weighted by Gasteiger charge is 2.27. The normalized spacial score (nSPS) is 13.2. The summed E-state index contributed by atoms with van der Waals surface area (Å²) in [7, 11) is 0. The lowest BCUT2D eigenvalue weighted by molar-refractivity contribution is -0.123. The molecule has 0 aliphatic heterocycles. The molecule has 0 saturated heterocycles. The number of nitrogens with one attached hydrogen (secondary N) is 1. The third-order valence-corrected chi connectivity index (χ3v) is 3.88. The molecule has 0 saturated carbocycles. The van der Waals surface area contributed by atoms with E-state index in [0.29, 0.717) is 0 Å².